The molecule has 2 aromatic carbocycles. The van der Waals surface area contributed by atoms with Gasteiger partial charge in [-0.05, 0) is 22.9 Å². The molecule has 3 nitrogen and oxygen atoms in total. The lowest BCUT2D eigenvalue weighted by Gasteiger charge is -2.18. The maximum absolute atomic E-state index is 11.8. The van der Waals surface area contributed by atoms with Gasteiger partial charge in [0.15, 0.2) is 0 Å². The highest BCUT2D eigenvalue weighted by atomic mass is 35.6. The number of alkyl halides is 3. The fourth-order valence-electron chi connectivity index (χ4n) is 1.77. The van der Waals surface area contributed by atoms with E-state index in [9.17, 15) is 9.90 Å². The highest BCUT2D eigenvalue weighted by Gasteiger charge is 2.32. The molecule has 0 aromatic heterocycles. The van der Waals surface area contributed by atoms with Crippen LogP contribution < -0.4 is 5.32 Å². The number of fused-ring (bicyclic) bond motifs is 1. The standard InChI is InChI=1S/C14H12Cl3NO2/c15-14(16,17)12(19)8-13(20)18-11-6-5-9-3-1-2-4-10(9)7-11/h1-7,12,19H,8H2,(H,18,20). The van der Waals surface area contributed by atoms with Gasteiger partial charge in [-0.25, -0.2) is 0 Å². The van der Waals surface area contributed by atoms with E-state index in [2.05, 4.69) is 5.32 Å². The molecule has 1 unspecified atom stereocenters. The average molecular weight is 333 g/mol. The molecule has 0 aliphatic rings. The summed E-state index contributed by atoms with van der Waals surface area (Å²) in [5, 5.41) is 14.3. The zero-order chi connectivity index (χ0) is 14.8. The maximum Gasteiger partial charge on any atom is 0.227 e. The van der Waals surface area contributed by atoms with Gasteiger partial charge in [-0.2, -0.15) is 0 Å². The predicted molar refractivity (Wildman–Crippen MR) is 83.5 cm³/mol. The highest BCUT2D eigenvalue weighted by Crippen LogP contribution is 2.32. The molecule has 106 valence electrons. The molecule has 0 saturated carbocycles. The Morgan fingerprint density at radius 1 is 1.15 bits per heavy atom. The monoisotopic (exact) mass is 331 g/mol. The largest absolute Gasteiger partial charge is 0.388 e. The first kappa shape index (κ1) is 15.4. The molecule has 6 heteroatoms. The Balaban J connectivity index is 2.06. The summed E-state index contributed by atoms with van der Waals surface area (Å²) in [6.45, 7) is 0. The van der Waals surface area contributed by atoms with E-state index in [-0.39, 0.29) is 6.42 Å². The molecule has 0 saturated heterocycles. The van der Waals surface area contributed by atoms with E-state index >= 15 is 0 Å². The van der Waals surface area contributed by atoms with E-state index in [0.29, 0.717) is 5.69 Å². The lowest BCUT2D eigenvalue weighted by atomic mass is 10.1. The van der Waals surface area contributed by atoms with E-state index in [1.807, 2.05) is 36.4 Å². The summed E-state index contributed by atoms with van der Waals surface area (Å²) in [5.74, 6) is -0.417. The number of carbonyl (C=O) groups is 1. The van der Waals surface area contributed by atoms with Crippen LogP contribution in [0.2, 0.25) is 0 Å². The van der Waals surface area contributed by atoms with Crippen molar-refractivity contribution >= 4 is 57.2 Å². The fraction of sp³-hybridized carbons (Fsp3) is 0.214. The number of anilines is 1. The van der Waals surface area contributed by atoms with Crippen molar-refractivity contribution < 1.29 is 9.90 Å². The second kappa shape index (κ2) is 6.19. The van der Waals surface area contributed by atoms with E-state index in [0.717, 1.165) is 10.8 Å². The third-order valence-electron chi connectivity index (χ3n) is 2.79. The number of aliphatic hydroxyl groups excluding tert-OH is 1. The summed E-state index contributed by atoms with van der Waals surface area (Å²) < 4.78 is -1.87. The molecule has 0 heterocycles. The van der Waals surface area contributed by atoms with Crippen molar-refractivity contribution in [2.45, 2.75) is 16.3 Å². The number of aliphatic hydroxyl groups is 1. The number of hydrogen-bond donors (Lipinski definition) is 2. The van der Waals surface area contributed by atoms with Gasteiger partial charge < -0.3 is 10.4 Å². The first-order valence-electron chi connectivity index (χ1n) is 5.90. The van der Waals surface area contributed by atoms with Crippen LogP contribution in [0.5, 0.6) is 0 Å². The van der Waals surface area contributed by atoms with Crippen LogP contribution in [0, 0.1) is 0 Å². The van der Waals surface area contributed by atoms with Crippen LogP contribution in [-0.4, -0.2) is 20.9 Å². The van der Waals surface area contributed by atoms with Crippen molar-refractivity contribution in [2.75, 3.05) is 5.32 Å². The molecular weight excluding hydrogens is 321 g/mol. The number of halogens is 3. The number of carbonyl (C=O) groups excluding carboxylic acids is 1. The number of benzene rings is 2. The van der Waals surface area contributed by atoms with Crippen LogP contribution in [0.15, 0.2) is 42.5 Å². The second-order valence-corrected chi connectivity index (χ2v) is 6.74. The van der Waals surface area contributed by atoms with Crippen LogP contribution in [0.1, 0.15) is 6.42 Å². The molecule has 20 heavy (non-hydrogen) atoms. The van der Waals surface area contributed by atoms with Crippen molar-refractivity contribution in [2.24, 2.45) is 0 Å². The minimum absolute atomic E-state index is 0.288. The normalized spacial score (nSPS) is 13.2. The van der Waals surface area contributed by atoms with Crippen LogP contribution in [0.4, 0.5) is 5.69 Å². The van der Waals surface area contributed by atoms with Crippen molar-refractivity contribution in [3.05, 3.63) is 42.5 Å². The average Bonchev–Trinajstić information content (AvgIpc) is 2.37. The van der Waals surface area contributed by atoms with Crippen LogP contribution in [0.25, 0.3) is 10.8 Å². The van der Waals surface area contributed by atoms with Gasteiger partial charge >= 0.3 is 0 Å². The fourth-order valence-corrected chi connectivity index (χ4v) is 2.00. The highest BCUT2D eigenvalue weighted by molar-refractivity contribution is 6.68. The van der Waals surface area contributed by atoms with E-state index in [4.69, 9.17) is 34.8 Å². The molecule has 0 aliphatic carbocycles. The first-order valence-corrected chi connectivity index (χ1v) is 7.03. The predicted octanol–water partition coefficient (Wildman–Crippen LogP) is 3.90. The molecule has 1 atom stereocenters. The number of hydrogen-bond acceptors (Lipinski definition) is 2. The van der Waals surface area contributed by atoms with Gasteiger partial charge in [-0.3, -0.25) is 4.79 Å². The number of nitrogens with one attached hydrogen (secondary N) is 1. The zero-order valence-electron chi connectivity index (χ0n) is 10.3. The van der Waals surface area contributed by atoms with E-state index in [1.165, 1.54) is 0 Å². The van der Waals surface area contributed by atoms with Crippen molar-refractivity contribution in [1.29, 1.82) is 0 Å². The lowest BCUT2D eigenvalue weighted by Crippen LogP contribution is -2.30. The maximum atomic E-state index is 11.8. The summed E-state index contributed by atoms with van der Waals surface area (Å²) in [7, 11) is 0. The van der Waals surface area contributed by atoms with Crippen LogP contribution >= 0.6 is 34.8 Å². The molecule has 2 N–H and O–H groups in total. The van der Waals surface area contributed by atoms with Crippen LogP contribution in [-0.2, 0) is 4.79 Å². The van der Waals surface area contributed by atoms with Gasteiger partial charge in [0, 0.05) is 5.69 Å². The second-order valence-electron chi connectivity index (χ2n) is 4.37. The lowest BCUT2D eigenvalue weighted by molar-refractivity contribution is -0.117. The molecular formula is C14H12Cl3NO2. The first-order chi connectivity index (χ1) is 9.36. The van der Waals surface area contributed by atoms with Crippen molar-refractivity contribution in [3.8, 4) is 0 Å². The third kappa shape index (κ3) is 4.00. The summed E-state index contributed by atoms with van der Waals surface area (Å²) in [6.07, 6.45) is -1.64. The SMILES string of the molecule is O=C(CC(O)C(Cl)(Cl)Cl)Nc1ccc2ccccc2c1. The molecule has 0 radical (unpaired) electrons. The van der Waals surface area contributed by atoms with Gasteiger partial charge in [0.1, 0.15) is 6.10 Å². The van der Waals surface area contributed by atoms with Gasteiger partial charge in [-0.15, -0.1) is 0 Å². The molecule has 0 spiro atoms. The van der Waals surface area contributed by atoms with Crippen LogP contribution in [0.3, 0.4) is 0 Å². The van der Waals surface area contributed by atoms with E-state index in [1.54, 1.807) is 6.07 Å². The molecule has 2 rings (SSSR count). The quantitative estimate of drug-likeness (QED) is 0.838. The summed E-state index contributed by atoms with van der Waals surface area (Å²) in [4.78, 5) is 11.8. The Bertz CT molecular complexity index is 625. The Hall–Kier alpha value is -1.00. The number of amides is 1. The summed E-state index contributed by atoms with van der Waals surface area (Å²) in [6, 6.07) is 13.3. The van der Waals surface area contributed by atoms with Gasteiger partial charge in [0.05, 0.1) is 6.42 Å². The third-order valence-corrected chi connectivity index (χ3v) is 3.55. The molecule has 0 aliphatic heterocycles. The minimum atomic E-state index is -1.87. The molecule has 2 aromatic rings. The zero-order valence-corrected chi connectivity index (χ0v) is 12.6. The van der Waals surface area contributed by atoms with E-state index < -0.39 is 15.8 Å². The number of rotatable bonds is 3. The van der Waals surface area contributed by atoms with Gasteiger partial charge in [-0.1, -0.05) is 65.1 Å². The summed E-state index contributed by atoms with van der Waals surface area (Å²) in [5.41, 5.74) is 0.630. The minimum Gasteiger partial charge on any atom is -0.388 e. The molecule has 0 fully saturated rings. The summed E-state index contributed by atoms with van der Waals surface area (Å²) >= 11 is 16.5. The molecule has 1 amide bonds. The van der Waals surface area contributed by atoms with Crippen molar-refractivity contribution in [1.82, 2.24) is 0 Å². The Kier molecular flexibility index (Phi) is 4.76. The van der Waals surface area contributed by atoms with Gasteiger partial charge in [0.25, 0.3) is 0 Å². The van der Waals surface area contributed by atoms with Gasteiger partial charge in [0.2, 0.25) is 9.70 Å². The smallest absolute Gasteiger partial charge is 0.227 e. The molecule has 0 bridgehead atoms. The Morgan fingerprint density at radius 3 is 2.45 bits per heavy atom. The topological polar surface area (TPSA) is 49.3 Å². The Labute approximate surface area is 131 Å². The van der Waals surface area contributed by atoms with Crippen molar-refractivity contribution in [3.63, 3.8) is 0 Å². The Morgan fingerprint density at radius 2 is 1.80 bits per heavy atom.